The van der Waals surface area contributed by atoms with Crippen molar-refractivity contribution < 1.29 is 141 Å². The highest BCUT2D eigenvalue weighted by molar-refractivity contribution is 5.79. The Hall–Kier alpha value is -6.55. The first kappa shape index (κ1) is 107. The first-order valence-corrected chi connectivity index (χ1v) is 43.3. The second-order valence-corrected chi connectivity index (χ2v) is 32.8. The van der Waals surface area contributed by atoms with E-state index >= 15 is 0 Å². The van der Waals surface area contributed by atoms with Crippen LogP contribution in [0.5, 0.6) is 0 Å². The van der Waals surface area contributed by atoms with Crippen LogP contribution in [0.3, 0.4) is 0 Å². The lowest BCUT2D eigenvalue weighted by molar-refractivity contribution is -0.270. The maximum Gasteiger partial charge on any atom is 0.222 e. The van der Waals surface area contributed by atoms with E-state index in [2.05, 4.69) is 78.8 Å². The van der Waals surface area contributed by atoms with Gasteiger partial charge in [0.1, 0.15) is 78.6 Å². The van der Waals surface area contributed by atoms with Crippen LogP contribution in [-0.2, 0) is 95.4 Å². The molecule has 40 heteroatoms. The molecular weight excluding hydrogens is 1590 g/mol. The molecule has 40 nitrogen and oxygen atoms in total. The zero-order chi connectivity index (χ0) is 89.1. The van der Waals surface area contributed by atoms with Crippen molar-refractivity contribution in [3.05, 3.63) is 0 Å². The summed E-state index contributed by atoms with van der Waals surface area (Å²) in [6.07, 6.45) is -2.63. The Morgan fingerprint density at radius 2 is 0.669 bits per heavy atom. The Balaban J connectivity index is 1.31. The van der Waals surface area contributed by atoms with Gasteiger partial charge in [0.2, 0.25) is 65.0 Å². The average molecular weight is 1740 g/mol. The van der Waals surface area contributed by atoms with Gasteiger partial charge in [0.25, 0.3) is 0 Å². The maximum atomic E-state index is 14.1. The van der Waals surface area contributed by atoms with Crippen molar-refractivity contribution in [3.8, 4) is 0 Å². The minimum Gasteiger partial charge on any atom is -0.394 e. The molecule has 4 aliphatic heterocycles. The molecule has 0 aliphatic carbocycles. The van der Waals surface area contributed by atoms with E-state index in [0.717, 1.165) is 64.3 Å². The number of carbonyl (C=O) groups excluding carboxylic acids is 11. The highest BCUT2D eigenvalue weighted by Gasteiger charge is 2.48. The lowest BCUT2D eigenvalue weighted by Crippen LogP contribution is -2.64. The third-order valence-corrected chi connectivity index (χ3v) is 20.9. The van der Waals surface area contributed by atoms with Crippen LogP contribution in [0, 0.1) is 5.41 Å². The van der Waals surface area contributed by atoms with Crippen LogP contribution in [0.2, 0.25) is 0 Å². The third kappa shape index (κ3) is 43.8. The Labute approximate surface area is 710 Å². The molecule has 698 valence electrons. The minimum absolute atomic E-state index is 0.0780. The van der Waals surface area contributed by atoms with Crippen LogP contribution in [0.1, 0.15) is 215 Å². The van der Waals surface area contributed by atoms with Gasteiger partial charge in [-0.05, 0) is 102 Å². The fourth-order valence-electron chi connectivity index (χ4n) is 14.1. The van der Waals surface area contributed by atoms with Crippen molar-refractivity contribution in [2.24, 2.45) is 5.41 Å². The number of aliphatic hydroxyl groups is 9. The summed E-state index contributed by atoms with van der Waals surface area (Å²) >= 11 is 0. The molecule has 4 fully saturated rings. The number of carbonyl (C=O) groups is 11. The molecule has 15 unspecified atom stereocenters. The molecule has 121 heavy (non-hydrogen) atoms. The summed E-state index contributed by atoms with van der Waals surface area (Å²) in [7, 11) is 0. The van der Waals surface area contributed by atoms with Crippen molar-refractivity contribution >= 4 is 65.0 Å². The molecule has 0 radical (unpaired) electrons. The van der Waals surface area contributed by atoms with Gasteiger partial charge in [-0.25, -0.2) is 0 Å². The summed E-state index contributed by atoms with van der Waals surface area (Å²) < 4.78 is 52.3. The lowest BCUT2D eigenvalue weighted by Gasteiger charge is -2.42. The van der Waals surface area contributed by atoms with Crippen molar-refractivity contribution in [3.63, 3.8) is 0 Å². The van der Waals surface area contributed by atoms with E-state index in [0.29, 0.717) is 76.7 Å². The topological polar surface area (TPSA) is 576 Å². The number of rotatable bonds is 63. The van der Waals surface area contributed by atoms with Gasteiger partial charge in [0.15, 0.2) is 18.9 Å². The van der Waals surface area contributed by atoms with Crippen LogP contribution in [0.15, 0.2) is 0 Å². The predicted octanol–water partition coefficient (Wildman–Crippen LogP) is -2.74. The molecule has 4 rings (SSSR count). The molecule has 16 atom stereocenters. The van der Waals surface area contributed by atoms with Crippen LogP contribution in [0.4, 0.5) is 0 Å². The van der Waals surface area contributed by atoms with Crippen molar-refractivity contribution in [1.29, 1.82) is 0 Å². The van der Waals surface area contributed by atoms with Crippen molar-refractivity contribution in [2.75, 3.05) is 125 Å². The van der Waals surface area contributed by atoms with Crippen LogP contribution >= 0.6 is 0 Å². The molecule has 0 bridgehead atoms. The van der Waals surface area contributed by atoms with E-state index in [1.807, 2.05) is 0 Å². The van der Waals surface area contributed by atoms with E-state index in [4.69, 9.17) is 42.6 Å². The number of nitrogens with zero attached hydrogens (tertiary/aromatic N) is 1. The Morgan fingerprint density at radius 3 is 0.983 bits per heavy atom. The molecule has 4 aliphatic rings. The number of ether oxygens (including phenoxy) is 9. The van der Waals surface area contributed by atoms with E-state index < -0.39 is 135 Å². The molecular formula is C81H145N11O29. The normalized spacial score (nSPS) is 24.7. The highest BCUT2D eigenvalue weighted by Crippen LogP contribution is 2.30. The Morgan fingerprint density at radius 1 is 0.372 bits per heavy atom. The third-order valence-electron chi connectivity index (χ3n) is 20.9. The van der Waals surface area contributed by atoms with Gasteiger partial charge in [-0.1, -0.05) is 46.5 Å². The summed E-state index contributed by atoms with van der Waals surface area (Å²) in [5.74, 6) is -3.48. The monoisotopic (exact) mass is 1740 g/mol. The zero-order valence-corrected chi connectivity index (χ0v) is 71.9. The van der Waals surface area contributed by atoms with E-state index in [-0.39, 0.29) is 196 Å². The van der Waals surface area contributed by atoms with Gasteiger partial charge < -0.3 is 147 Å². The van der Waals surface area contributed by atoms with Gasteiger partial charge in [-0.2, -0.15) is 0 Å². The molecule has 4 saturated heterocycles. The highest BCUT2D eigenvalue weighted by atomic mass is 16.7. The molecule has 0 spiro atoms. The fraction of sp³-hybridized carbons (Fsp3) is 0.864. The molecule has 0 aromatic rings. The van der Waals surface area contributed by atoms with Crippen molar-refractivity contribution in [1.82, 2.24) is 58.1 Å². The summed E-state index contributed by atoms with van der Waals surface area (Å²) in [6.45, 7) is 9.87. The lowest BCUT2D eigenvalue weighted by atomic mass is 9.88. The van der Waals surface area contributed by atoms with Gasteiger partial charge in [0, 0.05) is 144 Å². The van der Waals surface area contributed by atoms with Gasteiger partial charge >= 0.3 is 0 Å². The minimum atomic E-state index is -1.46. The number of aliphatic hydroxyl groups excluding tert-OH is 9. The maximum absolute atomic E-state index is 14.1. The summed E-state index contributed by atoms with van der Waals surface area (Å²) in [4.78, 5) is 142. The zero-order valence-electron chi connectivity index (χ0n) is 71.9. The molecule has 0 aromatic heterocycles. The van der Waals surface area contributed by atoms with Crippen LogP contribution in [0.25, 0.3) is 0 Å². The van der Waals surface area contributed by atoms with Gasteiger partial charge in [0.05, 0.1) is 59.5 Å². The largest absolute Gasteiger partial charge is 0.394 e. The van der Waals surface area contributed by atoms with Gasteiger partial charge in [-0.15, -0.1) is 0 Å². The molecule has 0 aromatic carbocycles. The first-order chi connectivity index (χ1) is 57.8. The summed E-state index contributed by atoms with van der Waals surface area (Å²) in [6, 6.07) is -2.99. The Kier molecular flexibility index (Phi) is 53.1. The SMILES string of the molecule is CC(=O)NC1C(OCCCCC(=O)NCCCNC(=O)CCOCC(COCCC(=O)NCCCNC(=O)CCCCOC2OC(CO)C(O)C(O)C2NC(C)=O)(COCCC(=O)NCCCNC(=O)CCCCOC2OC(CO)C(O)C(O)C2NC(C)=O)NC(=O)CCCCCCCCC(=O)N2CCC[C@H]2CCC(C)(C)C)OC(CO)C(O)C1O. The van der Waals surface area contributed by atoms with E-state index in [1.165, 1.54) is 20.8 Å². The number of nitrogens with one attached hydrogen (secondary N) is 10. The fourth-order valence-corrected chi connectivity index (χ4v) is 14.1. The second-order valence-electron chi connectivity index (χ2n) is 32.8. The average Bonchev–Trinajstić information content (AvgIpc) is 1.82. The predicted molar refractivity (Wildman–Crippen MR) is 435 cm³/mol. The van der Waals surface area contributed by atoms with E-state index in [9.17, 15) is 98.7 Å². The van der Waals surface area contributed by atoms with Crippen LogP contribution in [-0.4, -0.2) is 344 Å². The number of hydrogen-bond donors (Lipinski definition) is 19. The molecule has 19 N–H and O–H groups in total. The summed E-state index contributed by atoms with van der Waals surface area (Å²) in [5.41, 5.74) is -1.23. The van der Waals surface area contributed by atoms with Crippen molar-refractivity contribution in [2.45, 2.75) is 318 Å². The van der Waals surface area contributed by atoms with Gasteiger partial charge in [-0.3, -0.25) is 52.7 Å². The standard InChI is InChI=1S/C81H145N11O29/c1-53(96)88-68-74(110)71(107)57(47-93)119-77(68)116-41-16-13-24-60(99)82-34-20-37-85-63(102)30-44-113-50-81(91-66(105)27-11-9-7-8-10-12-28-67(106)92-40-19-23-56(92)29-33-80(4,5)6,51-114-45-31-64(103)86-38-21-35-83-61(100)25-14-17-42-117-78-69(89-54(2)97)75(111)72(108)58(48-94)120-78)52-115-46-32-65(104)87-39-22-36-84-62(101)26-15-18-43-118-79-70(90-55(3)98)76(112)73(109)59(49-95)121-79/h56-59,68-79,93-95,107-112H,7-52H2,1-6H3,(H,82,99)(H,83,100)(H,84,101)(H,85,102)(H,86,103)(H,87,104)(H,88,96)(H,89,97)(H,90,98)(H,91,105)/t56-,57?,58?,59?,68?,69?,70?,71?,72?,73?,74?,75?,76?,77?,78?,79?,81?/m0/s1. The summed E-state index contributed by atoms with van der Waals surface area (Å²) in [5, 5.41) is 119. The number of amides is 11. The van der Waals surface area contributed by atoms with E-state index in [1.54, 1.807) is 0 Å². The number of hydrogen-bond acceptors (Lipinski definition) is 29. The second kappa shape index (κ2) is 60.1. The van der Waals surface area contributed by atoms with Crippen LogP contribution < -0.4 is 53.2 Å². The first-order valence-electron chi connectivity index (χ1n) is 43.3. The number of unbranched alkanes of at least 4 members (excludes halogenated alkanes) is 8. The smallest absolute Gasteiger partial charge is 0.222 e. The Bertz CT molecular complexity index is 2790. The molecule has 11 amide bonds. The number of likely N-dealkylation sites (tertiary alicyclic amines) is 1. The quantitative estimate of drug-likeness (QED) is 0.0275. The molecule has 4 heterocycles. The molecule has 0 saturated carbocycles.